The molecule has 0 radical (unpaired) electrons. The summed E-state index contributed by atoms with van der Waals surface area (Å²) in [7, 11) is 0. The number of carbonyl (C=O) groups excluding carboxylic acids is 4. The van der Waals surface area contributed by atoms with Gasteiger partial charge in [-0.05, 0) is 46.6 Å². The highest BCUT2D eigenvalue weighted by Crippen LogP contribution is 2.22. The molecule has 47 heavy (non-hydrogen) atoms. The van der Waals surface area contributed by atoms with Gasteiger partial charge in [0.15, 0.2) is 5.82 Å². The number of piperazine rings is 1. The number of esters is 1. The monoisotopic (exact) mass is 644 g/mol. The van der Waals surface area contributed by atoms with Crippen molar-refractivity contribution in [3.8, 4) is 11.4 Å². The fraction of sp³-hybridized carbons (Fsp3) is 0.429. The molecule has 1 fully saturated rings. The van der Waals surface area contributed by atoms with Gasteiger partial charge in [0.05, 0.1) is 6.61 Å². The normalized spacial score (nSPS) is 14.5. The molecule has 0 aliphatic carbocycles. The maximum absolute atomic E-state index is 13.8. The van der Waals surface area contributed by atoms with Gasteiger partial charge in [-0.15, -0.1) is 0 Å². The Labute approximate surface area is 275 Å². The van der Waals surface area contributed by atoms with E-state index in [4.69, 9.17) is 9.47 Å². The molecule has 0 bridgehead atoms. The summed E-state index contributed by atoms with van der Waals surface area (Å²) in [5.74, 6) is -0.655. The summed E-state index contributed by atoms with van der Waals surface area (Å²) in [6, 6.07) is 19.5. The number of ether oxygens (including phenoxy) is 2. The van der Waals surface area contributed by atoms with Crippen molar-refractivity contribution in [2.45, 2.75) is 65.1 Å². The van der Waals surface area contributed by atoms with E-state index in [1.807, 2.05) is 67.6 Å². The second kappa shape index (κ2) is 16.0. The molecule has 1 aliphatic heterocycles. The summed E-state index contributed by atoms with van der Waals surface area (Å²) in [5, 5.41) is 6.20. The van der Waals surface area contributed by atoms with Crippen LogP contribution in [-0.2, 0) is 19.1 Å². The highest BCUT2D eigenvalue weighted by Gasteiger charge is 2.32. The van der Waals surface area contributed by atoms with E-state index in [1.54, 1.807) is 43.6 Å². The Bertz CT molecular complexity index is 1520. The molecule has 1 aliphatic rings. The number of carbonyl (C=O) groups is 4. The van der Waals surface area contributed by atoms with Crippen LogP contribution in [0, 0.1) is 0 Å². The average molecular weight is 645 g/mol. The largest absolute Gasteiger partial charge is 0.460 e. The molecule has 0 saturated carbocycles. The van der Waals surface area contributed by atoms with E-state index in [9.17, 15) is 19.2 Å². The standard InChI is InChI=1S/C35H44N6O6/c1-6-46-34(45)41-21-19-40(20-22-41)33(44)27(17-18-30(42)47-35(3,4)5)38-32(43)28-23-29(36-24(2)25-13-9-7-10-14-25)39-31(37-28)26-15-11-8-12-16-26/h7-16,23-24,27H,6,17-22H2,1-5H3,(H,38,43)(H,36,37,39)/t24-,27+/m1/s1. The molecular formula is C35H44N6O6. The summed E-state index contributed by atoms with van der Waals surface area (Å²) in [4.78, 5) is 64.8. The van der Waals surface area contributed by atoms with Gasteiger partial charge in [-0.1, -0.05) is 60.7 Å². The van der Waals surface area contributed by atoms with Crippen molar-refractivity contribution < 1.29 is 28.7 Å². The van der Waals surface area contributed by atoms with E-state index in [0.29, 0.717) is 11.6 Å². The van der Waals surface area contributed by atoms with Crippen LogP contribution in [0.1, 0.15) is 69.6 Å². The zero-order chi connectivity index (χ0) is 34.0. The topological polar surface area (TPSA) is 143 Å². The second-order valence-corrected chi connectivity index (χ2v) is 12.3. The van der Waals surface area contributed by atoms with Crippen molar-refractivity contribution in [1.82, 2.24) is 25.1 Å². The van der Waals surface area contributed by atoms with Crippen LogP contribution in [-0.4, -0.2) is 88.1 Å². The SMILES string of the molecule is CCOC(=O)N1CCN(C(=O)[C@H](CCC(=O)OC(C)(C)C)NC(=O)c2cc(N[C@H](C)c3ccccc3)nc(-c3ccccc3)n2)CC1. The van der Waals surface area contributed by atoms with Gasteiger partial charge in [0.25, 0.3) is 5.91 Å². The minimum Gasteiger partial charge on any atom is -0.460 e. The first-order valence-electron chi connectivity index (χ1n) is 15.9. The number of rotatable bonds is 11. The number of benzene rings is 2. The van der Waals surface area contributed by atoms with Gasteiger partial charge in [0.1, 0.15) is 23.2 Å². The van der Waals surface area contributed by atoms with Crippen LogP contribution in [0.4, 0.5) is 10.6 Å². The van der Waals surface area contributed by atoms with Crippen LogP contribution in [0.25, 0.3) is 11.4 Å². The zero-order valence-electron chi connectivity index (χ0n) is 27.7. The lowest BCUT2D eigenvalue weighted by Crippen LogP contribution is -2.56. The first-order chi connectivity index (χ1) is 22.4. The fourth-order valence-corrected chi connectivity index (χ4v) is 5.09. The van der Waals surface area contributed by atoms with Crippen molar-refractivity contribution >= 4 is 29.7 Å². The van der Waals surface area contributed by atoms with Gasteiger partial charge in [-0.2, -0.15) is 0 Å². The van der Waals surface area contributed by atoms with E-state index in [2.05, 4.69) is 20.6 Å². The van der Waals surface area contributed by atoms with Crippen LogP contribution in [0.2, 0.25) is 0 Å². The first kappa shape index (κ1) is 34.9. The van der Waals surface area contributed by atoms with Crippen molar-refractivity contribution in [2.24, 2.45) is 0 Å². The number of hydrogen-bond donors (Lipinski definition) is 2. The highest BCUT2D eigenvalue weighted by atomic mass is 16.6. The third-order valence-corrected chi connectivity index (χ3v) is 7.43. The van der Waals surface area contributed by atoms with Crippen molar-refractivity contribution in [1.29, 1.82) is 0 Å². The quantitative estimate of drug-likeness (QED) is 0.281. The third kappa shape index (κ3) is 10.2. The Morgan fingerprint density at radius 3 is 2.13 bits per heavy atom. The number of aromatic nitrogens is 2. The number of nitrogens with zero attached hydrogens (tertiary/aromatic N) is 4. The van der Waals surface area contributed by atoms with E-state index in [-0.39, 0.29) is 63.3 Å². The number of hydrogen-bond acceptors (Lipinski definition) is 9. The summed E-state index contributed by atoms with van der Waals surface area (Å²) in [5.41, 5.74) is 1.12. The Morgan fingerprint density at radius 1 is 0.894 bits per heavy atom. The summed E-state index contributed by atoms with van der Waals surface area (Å²) in [6.07, 6.45) is -0.500. The number of amides is 3. The third-order valence-electron chi connectivity index (χ3n) is 7.43. The predicted octanol–water partition coefficient (Wildman–Crippen LogP) is 4.84. The van der Waals surface area contributed by atoms with Crippen LogP contribution < -0.4 is 10.6 Å². The Balaban J connectivity index is 1.57. The second-order valence-electron chi connectivity index (χ2n) is 12.3. The van der Waals surface area contributed by atoms with Gasteiger partial charge < -0.3 is 29.9 Å². The molecule has 3 aromatic rings. The summed E-state index contributed by atoms with van der Waals surface area (Å²) < 4.78 is 10.5. The Hall–Kier alpha value is -5.00. The first-order valence-corrected chi connectivity index (χ1v) is 15.9. The molecular weight excluding hydrogens is 600 g/mol. The average Bonchev–Trinajstić information content (AvgIpc) is 3.06. The predicted molar refractivity (Wildman–Crippen MR) is 177 cm³/mol. The molecule has 4 rings (SSSR count). The molecule has 1 aromatic heterocycles. The van der Waals surface area contributed by atoms with Crippen LogP contribution in [0.5, 0.6) is 0 Å². The van der Waals surface area contributed by atoms with Crippen LogP contribution in [0.15, 0.2) is 66.7 Å². The summed E-state index contributed by atoms with van der Waals surface area (Å²) >= 11 is 0. The lowest BCUT2D eigenvalue weighted by molar-refractivity contribution is -0.155. The molecule has 2 aromatic carbocycles. The van der Waals surface area contributed by atoms with Gasteiger partial charge in [0, 0.05) is 50.3 Å². The summed E-state index contributed by atoms with van der Waals surface area (Å²) in [6.45, 7) is 10.4. The molecule has 3 amide bonds. The van der Waals surface area contributed by atoms with Gasteiger partial charge in [0.2, 0.25) is 5.91 Å². The van der Waals surface area contributed by atoms with E-state index in [0.717, 1.165) is 11.1 Å². The van der Waals surface area contributed by atoms with E-state index < -0.39 is 29.6 Å². The van der Waals surface area contributed by atoms with Crippen molar-refractivity contribution in [3.63, 3.8) is 0 Å². The molecule has 0 unspecified atom stereocenters. The maximum atomic E-state index is 13.8. The van der Waals surface area contributed by atoms with Crippen molar-refractivity contribution in [3.05, 3.63) is 78.0 Å². The zero-order valence-corrected chi connectivity index (χ0v) is 27.7. The maximum Gasteiger partial charge on any atom is 0.409 e. The molecule has 1 saturated heterocycles. The van der Waals surface area contributed by atoms with E-state index in [1.165, 1.54) is 0 Å². The minimum absolute atomic E-state index is 0.0182. The molecule has 2 N–H and O–H groups in total. The lowest BCUT2D eigenvalue weighted by atomic mass is 10.1. The van der Waals surface area contributed by atoms with Crippen molar-refractivity contribution in [2.75, 3.05) is 38.1 Å². The highest BCUT2D eigenvalue weighted by molar-refractivity contribution is 5.97. The Kier molecular flexibility index (Phi) is 11.9. The van der Waals surface area contributed by atoms with Crippen LogP contribution in [0.3, 0.4) is 0 Å². The molecule has 250 valence electrons. The molecule has 12 heteroatoms. The Morgan fingerprint density at radius 2 is 1.51 bits per heavy atom. The minimum atomic E-state index is -1.04. The number of nitrogens with one attached hydrogen (secondary N) is 2. The fourth-order valence-electron chi connectivity index (χ4n) is 5.09. The van der Waals surface area contributed by atoms with Gasteiger partial charge >= 0.3 is 12.1 Å². The molecule has 12 nitrogen and oxygen atoms in total. The molecule has 0 spiro atoms. The number of anilines is 1. The van der Waals surface area contributed by atoms with E-state index >= 15 is 0 Å². The van der Waals surface area contributed by atoms with Gasteiger partial charge in [-0.25, -0.2) is 14.8 Å². The molecule has 2 atom stereocenters. The molecule has 2 heterocycles. The smallest absolute Gasteiger partial charge is 0.409 e. The lowest BCUT2D eigenvalue weighted by Gasteiger charge is -2.36. The van der Waals surface area contributed by atoms with Gasteiger partial charge in [-0.3, -0.25) is 14.4 Å². The van der Waals surface area contributed by atoms with Crippen LogP contribution >= 0.6 is 0 Å².